The highest BCUT2D eigenvalue weighted by Gasteiger charge is 2.78. The van der Waals surface area contributed by atoms with Crippen LogP contribution >= 0.6 is 21.6 Å². The van der Waals surface area contributed by atoms with Gasteiger partial charge in [0, 0.05) is 64.8 Å². The summed E-state index contributed by atoms with van der Waals surface area (Å²) in [5.41, 5.74) is -6.06. The van der Waals surface area contributed by atoms with Gasteiger partial charge in [0.2, 0.25) is 0 Å². The Morgan fingerprint density at radius 1 is 0.391 bits per heavy atom. The number of anilines is 2. The van der Waals surface area contributed by atoms with Gasteiger partial charge >= 0.3 is 12.1 Å². The summed E-state index contributed by atoms with van der Waals surface area (Å²) < 4.78 is 0. The smallest absolute Gasteiger partial charge is 0.313 e. The molecule has 0 aliphatic carbocycles. The van der Waals surface area contributed by atoms with Crippen LogP contribution in [0.5, 0.6) is 0 Å². The number of fused-ring (bicyclic) bond motifs is 4. The van der Waals surface area contributed by atoms with E-state index in [4.69, 9.17) is 9.98 Å². The Morgan fingerprint density at radius 3 is 1.02 bits per heavy atom. The van der Waals surface area contributed by atoms with Gasteiger partial charge in [-0.1, -0.05) is 97.1 Å². The normalized spacial score (nSPS) is 26.7. The van der Waals surface area contributed by atoms with Crippen LogP contribution < -0.4 is 9.80 Å². The van der Waals surface area contributed by atoms with E-state index >= 15 is 28.8 Å². The molecule has 6 aliphatic heterocycles. The second-order valence-corrected chi connectivity index (χ2v) is 18.7. The third-order valence-corrected chi connectivity index (χ3v) is 16.1. The summed E-state index contributed by atoms with van der Waals surface area (Å²) in [7, 11) is 9.64. The number of hydrogen-bond donors (Lipinski definition) is 0. The minimum absolute atomic E-state index is 0.204. The molecule has 322 valence electrons. The Balaban J connectivity index is 1.26. The van der Waals surface area contributed by atoms with Gasteiger partial charge in [0.1, 0.15) is 10.1 Å². The molecule has 4 aromatic carbocycles. The fraction of sp³-hybridized carbons (Fsp3) is 0.261. The molecular weight excluding hydrogens is 857 g/mol. The molecule has 4 aromatic rings. The first-order valence-corrected chi connectivity index (χ1v) is 22.3. The van der Waals surface area contributed by atoms with Gasteiger partial charge in [-0.25, -0.2) is 9.59 Å². The number of benzene rings is 4. The Kier molecular flexibility index (Phi) is 8.86. The van der Waals surface area contributed by atoms with Crippen LogP contribution in [-0.2, 0) is 39.8 Å². The number of carbonyl (C=O) groups is 8. The SMILES string of the molecule is CN1C(=O)N(C)C(=O)C2(C1=O)C(SSC1=N[C@]3(C(=O)N(C)c4ccccc43)[C@@H](c3ccccc3)C13C(=O)N(C)C(=O)N(C)C3=O)=N[C@]1(C(=O)N(C)c3ccccc31)[C@H]2c1ccccc1. The number of hydrogen-bond acceptors (Lipinski definition) is 12. The highest BCUT2D eigenvalue weighted by Crippen LogP contribution is 2.68. The van der Waals surface area contributed by atoms with E-state index in [2.05, 4.69) is 0 Å². The molecule has 0 N–H and O–H groups in total. The Labute approximate surface area is 374 Å². The first kappa shape index (κ1) is 41.1. The number of urea groups is 2. The maximum absolute atomic E-state index is 15.3. The molecule has 0 bridgehead atoms. The average Bonchev–Trinajstić information content (AvgIpc) is 3.95. The van der Waals surface area contributed by atoms with Gasteiger partial charge in [0.15, 0.2) is 21.9 Å². The molecule has 0 radical (unpaired) electrons. The van der Waals surface area contributed by atoms with Crippen molar-refractivity contribution in [3.8, 4) is 0 Å². The van der Waals surface area contributed by atoms with Gasteiger partial charge in [0.25, 0.3) is 35.4 Å². The van der Waals surface area contributed by atoms with Crippen LogP contribution in [-0.4, -0.2) is 119 Å². The van der Waals surface area contributed by atoms with Gasteiger partial charge in [-0.15, -0.1) is 0 Å². The number of carbonyl (C=O) groups excluding carboxylic acids is 8. The predicted molar refractivity (Wildman–Crippen MR) is 238 cm³/mol. The number of imide groups is 4. The highest BCUT2D eigenvalue weighted by atomic mass is 33.1. The standard InChI is InChI=1S/C46H38N8O8S2/c1-49-29-23-15-13-21-27(29)45(39(49)59)31(25-17-9-7-10-18-25)43(35(55)51(3)41(61)52(4)36(43)56)33(47-45)63-64-34-44(37(57)53(5)42(62)54(6)38(44)58)32(26-19-11-8-12-20-26)46(48-34)28-22-14-16-24-30(28)50(2)40(46)60/h7-24,31-32H,1-6H3/t31-,32-,45-,46-/m0/s1. The molecule has 4 spiro atoms. The van der Waals surface area contributed by atoms with E-state index in [1.54, 1.807) is 123 Å². The van der Waals surface area contributed by atoms with E-state index in [9.17, 15) is 9.59 Å². The van der Waals surface area contributed by atoms with E-state index in [-0.39, 0.29) is 10.1 Å². The molecule has 18 heteroatoms. The first-order valence-electron chi connectivity index (χ1n) is 20.2. The van der Waals surface area contributed by atoms with Crippen LogP contribution in [0.4, 0.5) is 21.0 Å². The number of amides is 10. The van der Waals surface area contributed by atoms with E-state index in [1.807, 2.05) is 0 Å². The van der Waals surface area contributed by atoms with Crippen molar-refractivity contribution in [2.75, 3.05) is 52.1 Å². The van der Waals surface area contributed by atoms with Crippen LogP contribution in [0.3, 0.4) is 0 Å². The van der Waals surface area contributed by atoms with Crippen molar-refractivity contribution in [1.29, 1.82) is 0 Å². The van der Waals surface area contributed by atoms with Crippen molar-refractivity contribution < 1.29 is 38.4 Å². The molecule has 0 saturated carbocycles. The Hall–Kier alpha value is -6.92. The molecule has 10 rings (SSSR count). The molecular formula is C46H38N8O8S2. The second kappa shape index (κ2) is 13.8. The number of likely N-dealkylation sites (N-methyl/N-ethyl adjacent to an activating group) is 2. The average molecular weight is 895 g/mol. The fourth-order valence-corrected chi connectivity index (χ4v) is 13.7. The van der Waals surface area contributed by atoms with Crippen molar-refractivity contribution in [3.05, 3.63) is 131 Å². The largest absolute Gasteiger partial charge is 0.332 e. The number of aliphatic imine (C=N–C) groups is 2. The van der Waals surface area contributed by atoms with Gasteiger partial charge < -0.3 is 9.80 Å². The lowest BCUT2D eigenvalue weighted by atomic mass is 9.62. The summed E-state index contributed by atoms with van der Waals surface area (Å²) >= 11 is 0. The number of nitrogens with zero attached hydrogens (tertiary/aromatic N) is 8. The number of para-hydroxylation sites is 2. The van der Waals surface area contributed by atoms with E-state index in [1.165, 1.54) is 38.0 Å². The lowest BCUT2D eigenvalue weighted by Gasteiger charge is -2.45. The molecule has 6 aliphatic rings. The third kappa shape index (κ3) is 4.65. The molecule has 2 fully saturated rings. The fourth-order valence-electron chi connectivity index (χ4n) is 10.8. The van der Waals surface area contributed by atoms with Crippen molar-refractivity contribution in [3.63, 3.8) is 0 Å². The molecule has 16 nitrogen and oxygen atoms in total. The lowest BCUT2D eigenvalue weighted by molar-refractivity contribution is -0.155. The maximum Gasteiger partial charge on any atom is 0.332 e. The molecule has 0 unspecified atom stereocenters. The quantitative estimate of drug-likeness (QED) is 0.204. The van der Waals surface area contributed by atoms with Crippen molar-refractivity contribution >= 4 is 90.6 Å². The summed E-state index contributed by atoms with van der Waals surface area (Å²) in [4.78, 5) is 135. The highest BCUT2D eigenvalue weighted by molar-refractivity contribution is 8.87. The molecule has 4 atom stereocenters. The summed E-state index contributed by atoms with van der Waals surface area (Å²) in [5.74, 6) is -7.61. The van der Waals surface area contributed by atoms with Gasteiger partial charge in [-0.3, -0.25) is 58.4 Å². The van der Waals surface area contributed by atoms with Gasteiger partial charge in [-0.05, 0) is 44.8 Å². The van der Waals surface area contributed by atoms with Crippen LogP contribution in [0.15, 0.2) is 119 Å². The zero-order valence-electron chi connectivity index (χ0n) is 35.2. The predicted octanol–water partition coefficient (Wildman–Crippen LogP) is 4.58. The Morgan fingerprint density at radius 2 is 0.688 bits per heavy atom. The first-order chi connectivity index (χ1) is 30.6. The summed E-state index contributed by atoms with van der Waals surface area (Å²) in [6.45, 7) is 0. The zero-order valence-corrected chi connectivity index (χ0v) is 36.8. The molecule has 64 heavy (non-hydrogen) atoms. The molecule has 0 aromatic heterocycles. The van der Waals surface area contributed by atoms with Crippen LogP contribution in [0.2, 0.25) is 0 Å². The monoisotopic (exact) mass is 894 g/mol. The van der Waals surface area contributed by atoms with Crippen LogP contribution in [0.25, 0.3) is 0 Å². The van der Waals surface area contributed by atoms with Gasteiger partial charge in [0.05, 0.1) is 11.8 Å². The van der Waals surface area contributed by atoms with E-state index in [0.717, 1.165) is 41.2 Å². The van der Waals surface area contributed by atoms with Crippen molar-refractivity contribution in [2.24, 2.45) is 20.8 Å². The van der Waals surface area contributed by atoms with Crippen LogP contribution in [0.1, 0.15) is 34.1 Å². The molecule has 10 amide bonds. The Bertz CT molecular complexity index is 2670. The zero-order chi connectivity index (χ0) is 45.4. The second-order valence-electron chi connectivity index (χ2n) is 16.6. The van der Waals surface area contributed by atoms with Crippen molar-refractivity contribution in [1.82, 2.24) is 19.6 Å². The van der Waals surface area contributed by atoms with E-state index in [0.29, 0.717) is 33.6 Å². The summed E-state index contributed by atoms with van der Waals surface area (Å²) in [5, 5.41) is -0.408. The van der Waals surface area contributed by atoms with Gasteiger partial charge in [-0.2, -0.15) is 0 Å². The molecule has 6 heterocycles. The third-order valence-electron chi connectivity index (χ3n) is 13.7. The van der Waals surface area contributed by atoms with Crippen molar-refractivity contribution in [2.45, 2.75) is 22.9 Å². The number of rotatable bonds is 2. The molecule has 2 saturated heterocycles. The minimum Gasteiger partial charge on any atom is -0.313 e. The summed E-state index contributed by atoms with van der Waals surface area (Å²) in [6, 6.07) is 29.2. The van der Waals surface area contributed by atoms with Crippen LogP contribution in [0, 0.1) is 10.8 Å². The summed E-state index contributed by atoms with van der Waals surface area (Å²) in [6.07, 6.45) is 0. The minimum atomic E-state index is -2.38. The lowest BCUT2D eigenvalue weighted by Crippen LogP contribution is -2.68. The maximum atomic E-state index is 15.3. The topological polar surface area (TPSA) is 181 Å². The van der Waals surface area contributed by atoms with E-state index < -0.39 is 81.2 Å². The number of barbiturate groups is 2.